The summed E-state index contributed by atoms with van der Waals surface area (Å²) >= 11 is 0. The van der Waals surface area contributed by atoms with Crippen LogP contribution in [0.5, 0.6) is 23.0 Å². The number of carbonyl (C=O) groups is 2. The van der Waals surface area contributed by atoms with Gasteiger partial charge >= 0.3 is 11.9 Å². The normalized spacial score (nSPS) is 22.2. The minimum Gasteiger partial charge on any atom is -0.487 e. The average molecular weight is 1040 g/mol. The Morgan fingerprint density at radius 1 is 0.387 bits per heavy atom. The van der Waals surface area contributed by atoms with Gasteiger partial charge in [0.1, 0.15) is 51.7 Å². The first kappa shape index (κ1) is 54.9. The molecule has 0 saturated heterocycles. The molecule has 20 nitrogen and oxygen atoms in total. The number of hydrogen-bond acceptors (Lipinski definition) is 20. The highest BCUT2D eigenvalue weighted by atomic mass is 16.6. The minimum atomic E-state index is -0.606. The van der Waals surface area contributed by atoms with E-state index < -0.39 is 36.2 Å². The van der Waals surface area contributed by atoms with Crippen LogP contribution < -0.4 is 18.9 Å². The van der Waals surface area contributed by atoms with Crippen LogP contribution in [-0.2, 0) is 56.8 Å². The highest BCUT2D eigenvalue weighted by Crippen LogP contribution is 2.36. The van der Waals surface area contributed by atoms with Crippen LogP contribution >= 0.6 is 0 Å². The van der Waals surface area contributed by atoms with E-state index in [0.717, 1.165) is 11.1 Å². The molecule has 0 N–H and O–H groups in total. The van der Waals surface area contributed by atoms with Crippen molar-refractivity contribution in [3.8, 4) is 23.0 Å². The van der Waals surface area contributed by atoms with Gasteiger partial charge in [0, 0.05) is 0 Å². The maximum Gasteiger partial charge on any atom is 0.338 e. The third kappa shape index (κ3) is 17.9. The Balaban J connectivity index is 0.912. The molecule has 0 saturated carbocycles. The predicted octanol–water partition coefficient (Wildman–Crippen LogP) is 5.84. The zero-order valence-electron chi connectivity index (χ0n) is 42.1. The number of fused-ring (bicyclic) bond motifs is 2. The van der Waals surface area contributed by atoms with Gasteiger partial charge in [0.2, 0.25) is 0 Å². The fourth-order valence-electron chi connectivity index (χ4n) is 8.02. The topological polar surface area (TPSA) is 207 Å². The number of rotatable bonds is 10. The molecule has 0 bridgehead atoms. The minimum absolute atomic E-state index is 0.0942. The van der Waals surface area contributed by atoms with Crippen LogP contribution in [0.15, 0.2) is 107 Å². The Hall–Kier alpha value is -6.36. The highest BCUT2D eigenvalue weighted by Gasteiger charge is 2.38. The van der Waals surface area contributed by atoms with Crippen LogP contribution in [0, 0.1) is 0 Å². The molecule has 0 spiro atoms. The van der Waals surface area contributed by atoms with Gasteiger partial charge < -0.3 is 75.8 Å². The third-order valence-corrected chi connectivity index (χ3v) is 11.7. The lowest BCUT2D eigenvalue weighted by molar-refractivity contribution is -0.00842. The molecule has 0 aliphatic carbocycles. The van der Waals surface area contributed by atoms with E-state index in [2.05, 4.69) is 0 Å². The zero-order valence-corrected chi connectivity index (χ0v) is 42.1. The van der Waals surface area contributed by atoms with E-state index in [-0.39, 0.29) is 57.2 Å². The first-order valence-corrected chi connectivity index (χ1v) is 25.4. The standard InChI is InChI=1S/C55H66N2O18/c58-54(42-11-13-46-48(35-42)70-33-29-66-25-21-62-17-15-60-19-23-64-27-31-68-46)72-38-44-52(40-7-3-1-4-8-40)74-50(56-44)37-51-57-45(53(75-51)41-9-5-2-6-10-41)39-73-55(59)43-12-14-47-49(36-43)71-34-30-67-26-22-63-18-16-61-20-24-65-28-32-69-47/h1-14,35-36,44-45,52-53H,15-34,37-39H2/t44-,45-,52-,53-/m0/s1. The van der Waals surface area contributed by atoms with Crippen LogP contribution in [0.1, 0.15) is 50.5 Å². The van der Waals surface area contributed by atoms with Crippen molar-refractivity contribution in [2.75, 3.05) is 145 Å². The Bertz CT molecular complexity index is 2240. The van der Waals surface area contributed by atoms with Gasteiger partial charge in [0.05, 0.1) is 123 Å². The van der Waals surface area contributed by atoms with E-state index in [0.29, 0.717) is 141 Å². The summed E-state index contributed by atoms with van der Waals surface area (Å²) in [5.41, 5.74) is 2.20. The van der Waals surface area contributed by atoms with Gasteiger partial charge in [0.25, 0.3) is 0 Å². The summed E-state index contributed by atoms with van der Waals surface area (Å²) in [6, 6.07) is 27.7. The summed E-state index contributed by atoms with van der Waals surface area (Å²) in [6.45, 7) is 7.19. The summed E-state index contributed by atoms with van der Waals surface area (Å²) in [4.78, 5) is 37.2. The molecule has 4 aliphatic rings. The molecule has 0 aromatic heterocycles. The maximum absolute atomic E-state index is 13.7. The van der Waals surface area contributed by atoms with Crippen LogP contribution in [0.2, 0.25) is 0 Å². The second-order valence-corrected chi connectivity index (χ2v) is 17.1. The lowest BCUT2D eigenvalue weighted by Crippen LogP contribution is -2.22. The second-order valence-electron chi connectivity index (χ2n) is 17.1. The summed E-state index contributed by atoms with van der Waals surface area (Å²) in [5, 5.41) is 0. The monoisotopic (exact) mass is 1040 g/mol. The third-order valence-electron chi connectivity index (χ3n) is 11.7. The molecule has 4 heterocycles. The van der Waals surface area contributed by atoms with Crippen molar-refractivity contribution in [1.29, 1.82) is 0 Å². The van der Waals surface area contributed by atoms with E-state index in [1.165, 1.54) is 0 Å². The number of ether oxygens (including phenoxy) is 16. The van der Waals surface area contributed by atoms with Gasteiger partial charge in [-0.25, -0.2) is 19.6 Å². The fourth-order valence-corrected chi connectivity index (χ4v) is 8.02. The molecule has 4 atom stereocenters. The first-order valence-electron chi connectivity index (χ1n) is 25.4. The summed E-state index contributed by atoms with van der Waals surface area (Å²) < 4.78 is 93.5. The van der Waals surface area contributed by atoms with Gasteiger partial charge in [-0.3, -0.25) is 0 Å². The molecule has 75 heavy (non-hydrogen) atoms. The van der Waals surface area contributed by atoms with Crippen molar-refractivity contribution in [1.82, 2.24) is 0 Å². The van der Waals surface area contributed by atoms with Crippen molar-refractivity contribution in [2.24, 2.45) is 9.98 Å². The Kier molecular flexibility index (Phi) is 22.6. The SMILES string of the molecule is O=C(OC[C@@H]1N=C(CC2=N[C@@H](COC(=O)c3ccc4c(c3)OCCOCCOCCOCCOCCO4)[C@H](c3ccccc3)O2)O[C@H]1c1ccccc1)c1ccc2c(c1)OCCOCCOCCOCCOCCO2. The molecule has 0 unspecified atom stereocenters. The molecule has 4 aromatic rings. The van der Waals surface area contributed by atoms with Crippen LogP contribution in [-0.4, -0.2) is 181 Å². The lowest BCUT2D eigenvalue weighted by Gasteiger charge is -2.19. The van der Waals surface area contributed by atoms with E-state index >= 15 is 0 Å². The summed E-state index contributed by atoms with van der Waals surface area (Å²) in [6.07, 6.45) is -1.06. The van der Waals surface area contributed by atoms with E-state index in [4.69, 9.17) is 85.8 Å². The second kappa shape index (κ2) is 30.9. The van der Waals surface area contributed by atoms with Crippen molar-refractivity contribution in [3.05, 3.63) is 119 Å². The summed E-state index contributed by atoms with van der Waals surface area (Å²) in [7, 11) is 0. The number of aliphatic imine (C=N–C) groups is 2. The van der Waals surface area contributed by atoms with E-state index in [1.54, 1.807) is 36.4 Å². The number of benzene rings is 4. The largest absolute Gasteiger partial charge is 0.487 e. The molecule has 0 amide bonds. The zero-order chi connectivity index (χ0) is 51.5. The van der Waals surface area contributed by atoms with Crippen LogP contribution in [0.25, 0.3) is 0 Å². The highest BCUT2D eigenvalue weighted by molar-refractivity contribution is 5.99. The van der Waals surface area contributed by atoms with Gasteiger partial charge in [-0.1, -0.05) is 60.7 Å². The van der Waals surface area contributed by atoms with Gasteiger partial charge in [-0.05, 0) is 47.5 Å². The maximum atomic E-state index is 13.7. The molecule has 0 fully saturated rings. The van der Waals surface area contributed by atoms with Gasteiger partial charge in [0.15, 0.2) is 47.0 Å². The number of esters is 2. The predicted molar refractivity (Wildman–Crippen MR) is 270 cm³/mol. The Labute approximate surface area is 436 Å². The number of nitrogens with zero attached hydrogens (tertiary/aromatic N) is 2. The molecular formula is C55H66N2O18. The molecule has 8 rings (SSSR count). The van der Waals surface area contributed by atoms with E-state index in [1.807, 2.05) is 60.7 Å². The number of carbonyl (C=O) groups excluding carboxylic acids is 2. The quantitative estimate of drug-likeness (QED) is 0.171. The van der Waals surface area contributed by atoms with Crippen molar-refractivity contribution in [3.63, 3.8) is 0 Å². The lowest BCUT2D eigenvalue weighted by atomic mass is 10.0. The fraction of sp³-hybridized carbons (Fsp3) is 0.491. The van der Waals surface area contributed by atoms with Crippen molar-refractivity contribution >= 4 is 23.7 Å². The van der Waals surface area contributed by atoms with Gasteiger partial charge in [-0.2, -0.15) is 0 Å². The Morgan fingerprint density at radius 2 is 0.693 bits per heavy atom. The molecule has 20 heteroatoms. The average Bonchev–Trinajstić information content (AvgIpc) is 4.05. The van der Waals surface area contributed by atoms with Crippen LogP contribution in [0.3, 0.4) is 0 Å². The molecule has 404 valence electrons. The molecule has 0 radical (unpaired) electrons. The van der Waals surface area contributed by atoms with Crippen LogP contribution in [0.4, 0.5) is 0 Å². The van der Waals surface area contributed by atoms with Crippen molar-refractivity contribution < 1.29 is 85.4 Å². The van der Waals surface area contributed by atoms with E-state index in [9.17, 15) is 9.59 Å². The molecule has 4 aliphatic heterocycles. The van der Waals surface area contributed by atoms with Crippen molar-refractivity contribution in [2.45, 2.75) is 30.7 Å². The van der Waals surface area contributed by atoms with Gasteiger partial charge in [-0.15, -0.1) is 0 Å². The number of hydrogen-bond donors (Lipinski definition) is 0. The smallest absolute Gasteiger partial charge is 0.338 e. The molecule has 4 aromatic carbocycles. The summed E-state index contributed by atoms with van der Waals surface area (Å²) in [5.74, 6) is 1.10. The molecular weight excluding hydrogens is 977 g/mol. The Morgan fingerprint density at radius 3 is 1.03 bits per heavy atom. The first-order chi connectivity index (χ1) is 37.1.